The highest BCUT2D eigenvalue weighted by atomic mass is 16.2. The van der Waals surface area contributed by atoms with Gasteiger partial charge in [0.1, 0.15) is 0 Å². The van der Waals surface area contributed by atoms with E-state index in [1.165, 1.54) is 13.1 Å². The molecule has 0 saturated heterocycles. The van der Waals surface area contributed by atoms with Gasteiger partial charge in [-0.3, -0.25) is 4.79 Å². The van der Waals surface area contributed by atoms with E-state index in [1.807, 2.05) is 21.0 Å². The zero-order valence-corrected chi connectivity index (χ0v) is 9.92. The van der Waals surface area contributed by atoms with Crippen LogP contribution < -0.4 is 5.32 Å². The van der Waals surface area contributed by atoms with Crippen molar-refractivity contribution in [2.45, 2.75) is 13.3 Å². The van der Waals surface area contributed by atoms with Crippen molar-refractivity contribution >= 4 is 12.0 Å². The van der Waals surface area contributed by atoms with Gasteiger partial charge in [0, 0.05) is 27.6 Å². The fourth-order valence-electron chi connectivity index (χ4n) is 0.316. The van der Waals surface area contributed by atoms with Crippen LogP contribution in [0.3, 0.4) is 0 Å². The van der Waals surface area contributed by atoms with Crippen LogP contribution >= 0.6 is 0 Å². The predicted molar refractivity (Wildman–Crippen MR) is 58.0 cm³/mol. The molecule has 14 heavy (non-hydrogen) atoms. The summed E-state index contributed by atoms with van der Waals surface area (Å²) in [5, 5.41) is 2.75. The summed E-state index contributed by atoms with van der Waals surface area (Å²) < 4.78 is 0. The Labute approximate surface area is 86.2 Å². The third kappa shape index (κ3) is 30.8. The highest BCUT2D eigenvalue weighted by Crippen LogP contribution is 1.81. The minimum atomic E-state index is 0.181. The molecule has 5 nitrogen and oxygen atoms in total. The number of carbonyl (C=O) groups is 1. The normalized spacial score (nSPS) is 6.71. The maximum Gasteiger partial charge on any atom is 0.234 e. The first-order chi connectivity index (χ1) is 6.51. The molecule has 0 aromatic carbocycles. The van der Waals surface area contributed by atoms with Gasteiger partial charge in [-0.05, 0) is 14.1 Å². The summed E-state index contributed by atoms with van der Waals surface area (Å²) in [7, 11) is 8.64. The number of aliphatic imine (C=N–C) groups is 1. The van der Waals surface area contributed by atoms with Crippen LogP contribution in [0.1, 0.15) is 13.3 Å². The first-order valence-corrected chi connectivity index (χ1v) is 4.26. The van der Waals surface area contributed by atoms with E-state index < -0.39 is 0 Å². The molecule has 0 spiro atoms. The molecular weight excluding hydrogens is 182 g/mol. The van der Waals surface area contributed by atoms with Gasteiger partial charge in [0.25, 0.3) is 0 Å². The van der Waals surface area contributed by atoms with E-state index in [1.54, 1.807) is 19.0 Å². The molecule has 0 aliphatic carbocycles. The lowest BCUT2D eigenvalue weighted by molar-refractivity contribution is -0.128. The van der Waals surface area contributed by atoms with Gasteiger partial charge in [-0.1, -0.05) is 6.92 Å². The van der Waals surface area contributed by atoms with E-state index in [2.05, 4.69) is 10.3 Å². The predicted octanol–water partition coefficient (Wildman–Crippen LogP) is 0.272. The average molecular weight is 203 g/mol. The van der Waals surface area contributed by atoms with E-state index in [0.717, 1.165) is 0 Å². The van der Waals surface area contributed by atoms with Crippen molar-refractivity contribution in [1.29, 1.82) is 0 Å². The van der Waals surface area contributed by atoms with Crippen molar-refractivity contribution in [3.05, 3.63) is 0 Å². The first kappa shape index (κ1) is 18.6. The molecule has 84 valence electrons. The van der Waals surface area contributed by atoms with Crippen molar-refractivity contribution in [2.24, 2.45) is 4.99 Å². The van der Waals surface area contributed by atoms with Gasteiger partial charge in [0.15, 0.2) is 0 Å². The van der Waals surface area contributed by atoms with Crippen LogP contribution in [-0.2, 0) is 9.59 Å². The Balaban J connectivity index is -0.000000147. The minimum Gasteiger partial charge on any atom is -0.349 e. The quantitative estimate of drug-likeness (QED) is 0.491. The number of nitrogens with one attached hydrogen (secondary N) is 1. The second-order valence-corrected chi connectivity index (χ2v) is 2.46. The number of carbonyl (C=O) groups excluding carboxylic acids is 2. The number of amides is 1. The number of nitrogens with zero attached hydrogens (tertiary/aromatic N) is 2. The summed E-state index contributed by atoms with van der Waals surface area (Å²) in [4.78, 5) is 23.8. The molecule has 1 amide bonds. The third-order valence-corrected chi connectivity index (χ3v) is 0.893. The highest BCUT2D eigenvalue weighted by Gasteiger charge is 1.95. The molecule has 0 saturated carbocycles. The lowest BCUT2D eigenvalue weighted by Crippen LogP contribution is -2.19. The molecule has 0 rings (SSSR count). The van der Waals surface area contributed by atoms with Crippen molar-refractivity contribution in [1.82, 2.24) is 10.2 Å². The van der Waals surface area contributed by atoms with E-state index in [0.29, 0.717) is 6.42 Å². The SMILES string of the molecule is CCC(=O)N(C)C.CN=C=O.CNC. The molecule has 0 unspecified atom stereocenters. The summed E-state index contributed by atoms with van der Waals surface area (Å²) in [5.41, 5.74) is 0. The smallest absolute Gasteiger partial charge is 0.234 e. The topological polar surface area (TPSA) is 61.8 Å². The van der Waals surface area contributed by atoms with Gasteiger partial charge in [0.05, 0.1) is 0 Å². The van der Waals surface area contributed by atoms with E-state index in [-0.39, 0.29) is 5.91 Å². The first-order valence-electron chi connectivity index (χ1n) is 4.26. The number of rotatable bonds is 1. The molecule has 0 aliphatic rings. The van der Waals surface area contributed by atoms with Crippen molar-refractivity contribution < 1.29 is 9.59 Å². The van der Waals surface area contributed by atoms with E-state index in [9.17, 15) is 4.79 Å². The van der Waals surface area contributed by atoms with Crippen molar-refractivity contribution in [3.8, 4) is 0 Å². The zero-order valence-electron chi connectivity index (χ0n) is 9.92. The van der Waals surface area contributed by atoms with Gasteiger partial charge in [-0.15, -0.1) is 0 Å². The van der Waals surface area contributed by atoms with Crippen molar-refractivity contribution in [3.63, 3.8) is 0 Å². The lowest BCUT2D eigenvalue weighted by atomic mass is 10.4. The molecule has 1 N–H and O–H groups in total. The standard InChI is InChI=1S/C5H11NO.C2H3NO.C2H7N/c1-4-5(7)6(2)3;1-3-2-4;1-3-2/h4H2,1-3H3;1H3;3H,1-2H3. The molecule has 5 heteroatoms. The molecule has 0 bridgehead atoms. The van der Waals surface area contributed by atoms with E-state index in [4.69, 9.17) is 4.79 Å². The molecule has 0 aromatic rings. The maximum atomic E-state index is 10.4. The summed E-state index contributed by atoms with van der Waals surface area (Å²) in [6.45, 7) is 1.85. The highest BCUT2D eigenvalue weighted by molar-refractivity contribution is 5.75. The van der Waals surface area contributed by atoms with Crippen LogP contribution in [0.25, 0.3) is 0 Å². The molecule has 0 heterocycles. The van der Waals surface area contributed by atoms with Gasteiger partial charge in [-0.25, -0.2) is 9.79 Å². The summed E-state index contributed by atoms with van der Waals surface area (Å²) in [5.74, 6) is 0.181. The van der Waals surface area contributed by atoms with Crippen LogP contribution in [0.15, 0.2) is 4.99 Å². The Morgan fingerprint density at radius 3 is 1.71 bits per heavy atom. The monoisotopic (exact) mass is 203 g/mol. The zero-order chi connectivity index (χ0) is 12.0. The Morgan fingerprint density at radius 1 is 1.43 bits per heavy atom. The summed E-state index contributed by atoms with van der Waals surface area (Å²) in [6, 6.07) is 0. The Hall–Kier alpha value is -1.19. The van der Waals surface area contributed by atoms with Crippen LogP contribution in [0, 0.1) is 0 Å². The molecular formula is C9H21N3O2. The Kier molecular flexibility index (Phi) is 23.6. The van der Waals surface area contributed by atoms with Gasteiger partial charge in [0.2, 0.25) is 12.0 Å². The largest absolute Gasteiger partial charge is 0.349 e. The van der Waals surface area contributed by atoms with Crippen molar-refractivity contribution in [2.75, 3.05) is 35.2 Å². The van der Waals surface area contributed by atoms with Crippen LogP contribution in [0.4, 0.5) is 0 Å². The average Bonchev–Trinajstić information content (AvgIpc) is 2.18. The Morgan fingerprint density at radius 2 is 1.71 bits per heavy atom. The molecule has 0 aliphatic heterocycles. The second kappa shape index (κ2) is 17.8. The van der Waals surface area contributed by atoms with Gasteiger partial charge in [-0.2, -0.15) is 0 Å². The van der Waals surface area contributed by atoms with E-state index >= 15 is 0 Å². The minimum absolute atomic E-state index is 0.181. The Bertz CT molecular complexity index is 163. The third-order valence-electron chi connectivity index (χ3n) is 0.893. The van der Waals surface area contributed by atoms with Crippen LogP contribution in [-0.4, -0.2) is 52.1 Å². The second-order valence-electron chi connectivity index (χ2n) is 2.46. The number of hydrogen-bond donors (Lipinski definition) is 1. The van der Waals surface area contributed by atoms with Crippen LogP contribution in [0.2, 0.25) is 0 Å². The number of isocyanates is 1. The van der Waals surface area contributed by atoms with Gasteiger partial charge < -0.3 is 10.2 Å². The fraction of sp³-hybridized carbons (Fsp3) is 0.778. The molecule has 0 aromatic heterocycles. The number of hydrogen-bond acceptors (Lipinski definition) is 4. The lowest BCUT2D eigenvalue weighted by Gasteiger charge is -2.05. The van der Waals surface area contributed by atoms with Crippen LogP contribution in [0.5, 0.6) is 0 Å². The fourth-order valence-corrected chi connectivity index (χ4v) is 0.316. The van der Waals surface area contributed by atoms with Gasteiger partial charge >= 0.3 is 0 Å². The maximum absolute atomic E-state index is 10.4. The summed E-state index contributed by atoms with van der Waals surface area (Å²) in [6.07, 6.45) is 1.91. The molecule has 0 fully saturated rings. The summed E-state index contributed by atoms with van der Waals surface area (Å²) >= 11 is 0. The molecule has 0 radical (unpaired) electrons. The molecule has 0 atom stereocenters.